The van der Waals surface area contributed by atoms with E-state index in [1.807, 2.05) is 6.20 Å². The van der Waals surface area contributed by atoms with Crippen molar-refractivity contribution in [2.24, 2.45) is 0 Å². The van der Waals surface area contributed by atoms with Crippen LogP contribution in [0.25, 0.3) is 11.1 Å². The number of hydrogen-bond acceptors (Lipinski definition) is 1. The Hall–Kier alpha value is -1.84. The van der Waals surface area contributed by atoms with Crippen molar-refractivity contribution in [3.05, 3.63) is 53.3 Å². The molecule has 1 atom stereocenters. The quantitative estimate of drug-likeness (QED) is 0.728. The molecule has 1 aliphatic carbocycles. The van der Waals surface area contributed by atoms with Gasteiger partial charge in [-0.2, -0.15) is 13.2 Å². The first kappa shape index (κ1) is 13.2. The molecule has 104 valence electrons. The Balaban J connectivity index is 2.03. The predicted octanol–water partition coefficient (Wildman–Crippen LogP) is 4.82. The maximum Gasteiger partial charge on any atom is 0.416 e. The molecule has 0 radical (unpaired) electrons. The zero-order valence-electron chi connectivity index (χ0n) is 11.0. The fourth-order valence-corrected chi connectivity index (χ4v) is 2.81. The standard InChI is InChI=1S/C16H14F3N/c1-10-2-7-13-14(10)8-20-9-15(13)11-3-5-12(6-4-11)16(17,18)19/h3-6,8-10H,2,7H2,1H3. The van der Waals surface area contributed by atoms with Crippen LogP contribution in [-0.2, 0) is 12.6 Å². The van der Waals surface area contributed by atoms with Crippen LogP contribution in [0.5, 0.6) is 0 Å². The Morgan fingerprint density at radius 2 is 1.80 bits per heavy atom. The number of fused-ring (bicyclic) bond motifs is 1. The third kappa shape index (κ3) is 2.19. The van der Waals surface area contributed by atoms with E-state index in [1.165, 1.54) is 23.3 Å². The van der Waals surface area contributed by atoms with Gasteiger partial charge < -0.3 is 0 Å². The summed E-state index contributed by atoms with van der Waals surface area (Å²) in [6, 6.07) is 5.33. The maximum absolute atomic E-state index is 12.6. The lowest BCUT2D eigenvalue weighted by molar-refractivity contribution is -0.137. The fraction of sp³-hybridized carbons (Fsp3) is 0.312. The molecule has 0 saturated carbocycles. The van der Waals surface area contributed by atoms with Gasteiger partial charge in [0.1, 0.15) is 0 Å². The van der Waals surface area contributed by atoms with E-state index in [0.717, 1.165) is 36.1 Å². The highest BCUT2D eigenvalue weighted by atomic mass is 19.4. The molecule has 0 spiro atoms. The number of alkyl halides is 3. The number of nitrogens with zero attached hydrogens (tertiary/aromatic N) is 1. The Bertz CT molecular complexity index is 629. The normalized spacial score (nSPS) is 18.1. The molecular weight excluding hydrogens is 263 g/mol. The van der Waals surface area contributed by atoms with Crippen molar-refractivity contribution in [3.63, 3.8) is 0 Å². The summed E-state index contributed by atoms with van der Waals surface area (Å²) >= 11 is 0. The molecule has 1 aliphatic rings. The Morgan fingerprint density at radius 3 is 2.45 bits per heavy atom. The zero-order chi connectivity index (χ0) is 14.3. The van der Waals surface area contributed by atoms with Crippen molar-refractivity contribution in [2.45, 2.75) is 31.9 Å². The van der Waals surface area contributed by atoms with Gasteiger partial charge in [0.05, 0.1) is 5.56 Å². The summed E-state index contributed by atoms with van der Waals surface area (Å²) in [5.41, 5.74) is 3.60. The van der Waals surface area contributed by atoms with Crippen molar-refractivity contribution < 1.29 is 13.2 Å². The minimum absolute atomic E-state index is 0.479. The zero-order valence-corrected chi connectivity index (χ0v) is 11.0. The Morgan fingerprint density at radius 1 is 1.10 bits per heavy atom. The molecule has 0 saturated heterocycles. The summed E-state index contributed by atoms with van der Waals surface area (Å²) in [4.78, 5) is 4.23. The second-order valence-corrected chi connectivity index (χ2v) is 5.27. The molecule has 0 N–H and O–H groups in total. The van der Waals surface area contributed by atoms with Crippen molar-refractivity contribution >= 4 is 0 Å². The van der Waals surface area contributed by atoms with Gasteiger partial charge in [-0.05, 0) is 47.6 Å². The highest BCUT2D eigenvalue weighted by Crippen LogP contribution is 2.38. The number of halogens is 3. The lowest BCUT2D eigenvalue weighted by Crippen LogP contribution is -2.04. The van der Waals surface area contributed by atoms with Gasteiger partial charge >= 0.3 is 6.18 Å². The summed E-state index contributed by atoms with van der Waals surface area (Å²) in [6.07, 6.45) is 1.38. The molecule has 1 heterocycles. The highest BCUT2D eigenvalue weighted by molar-refractivity contribution is 5.69. The first-order valence-electron chi connectivity index (χ1n) is 6.61. The average molecular weight is 277 g/mol. The van der Waals surface area contributed by atoms with Crippen LogP contribution in [-0.4, -0.2) is 4.98 Å². The van der Waals surface area contributed by atoms with E-state index in [-0.39, 0.29) is 0 Å². The molecule has 1 nitrogen and oxygen atoms in total. The van der Waals surface area contributed by atoms with Gasteiger partial charge in [-0.1, -0.05) is 19.1 Å². The van der Waals surface area contributed by atoms with Gasteiger partial charge in [-0.15, -0.1) is 0 Å². The van der Waals surface area contributed by atoms with E-state index in [2.05, 4.69) is 11.9 Å². The molecule has 0 amide bonds. The van der Waals surface area contributed by atoms with E-state index in [4.69, 9.17) is 0 Å². The summed E-state index contributed by atoms with van der Waals surface area (Å²) in [6.45, 7) is 2.16. The summed E-state index contributed by atoms with van der Waals surface area (Å²) in [7, 11) is 0. The molecule has 4 heteroatoms. The monoisotopic (exact) mass is 277 g/mol. The van der Waals surface area contributed by atoms with Gasteiger partial charge in [0, 0.05) is 18.0 Å². The molecule has 1 unspecified atom stereocenters. The molecule has 0 bridgehead atoms. The van der Waals surface area contributed by atoms with Crippen LogP contribution in [0.15, 0.2) is 36.7 Å². The van der Waals surface area contributed by atoms with Crippen LogP contribution in [0.4, 0.5) is 13.2 Å². The van der Waals surface area contributed by atoms with Crippen LogP contribution in [0.1, 0.15) is 36.0 Å². The highest BCUT2D eigenvalue weighted by Gasteiger charge is 2.30. The van der Waals surface area contributed by atoms with E-state index in [0.29, 0.717) is 5.92 Å². The third-order valence-electron chi connectivity index (χ3n) is 3.97. The van der Waals surface area contributed by atoms with Crippen molar-refractivity contribution in [1.82, 2.24) is 4.98 Å². The van der Waals surface area contributed by atoms with Crippen molar-refractivity contribution in [2.75, 3.05) is 0 Å². The van der Waals surface area contributed by atoms with E-state index in [1.54, 1.807) is 6.20 Å². The van der Waals surface area contributed by atoms with Crippen molar-refractivity contribution in [3.8, 4) is 11.1 Å². The maximum atomic E-state index is 12.6. The van der Waals surface area contributed by atoms with E-state index < -0.39 is 11.7 Å². The molecule has 2 aromatic rings. The lowest BCUT2D eigenvalue weighted by atomic mass is 9.97. The summed E-state index contributed by atoms with van der Waals surface area (Å²) in [5, 5.41) is 0. The third-order valence-corrected chi connectivity index (χ3v) is 3.97. The van der Waals surface area contributed by atoms with Gasteiger partial charge in [0.25, 0.3) is 0 Å². The Labute approximate surface area is 115 Å². The molecule has 20 heavy (non-hydrogen) atoms. The van der Waals surface area contributed by atoms with Crippen LogP contribution in [0, 0.1) is 0 Å². The average Bonchev–Trinajstić information content (AvgIpc) is 2.80. The SMILES string of the molecule is CC1CCc2c(-c3ccc(C(F)(F)F)cc3)cncc21. The molecule has 0 aliphatic heterocycles. The number of hydrogen-bond donors (Lipinski definition) is 0. The van der Waals surface area contributed by atoms with Crippen LogP contribution >= 0.6 is 0 Å². The Kier molecular flexibility index (Phi) is 3.04. The second kappa shape index (κ2) is 4.62. The van der Waals surface area contributed by atoms with E-state index >= 15 is 0 Å². The van der Waals surface area contributed by atoms with Crippen LogP contribution in [0.3, 0.4) is 0 Å². The predicted molar refractivity (Wildman–Crippen MR) is 71.4 cm³/mol. The van der Waals surface area contributed by atoms with Gasteiger partial charge in [-0.3, -0.25) is 4.98 Å². The largest absolute Gasteiger partial charge is 0.416 e. The second-order valence-electron chi connectivity index (χ2n) is 5.27. The minimum atomic E-state index is -4.29. The molecular formula is C16H14F3N. The molecule has 1 aromatic heterocycles. The number of aromatic nitrogens is 1. The van der Waals surface area contributed by atoms with Gasteiger partial charge in [0.15, 0.2) is 0 Å². The van der Waals surface area contributed by atoms with Gasteiger partial charge in [0.2, 0.25) is 0 Å². The molecule has 3 rings (SSSR count). The number of benzene rings is 1. The fourth-order valence-electron chi connectivity index (χ4n) is 2.81. The van der Waals surface area contributed by atoms with Crippen molar-refractivity contribution in [1.29, 1.82) is 0 Å². The smallest absolute Gasteiger partial charge is 0.264 e. The number of rotatable bonds is 1. The van der Waals surface area contributed by atoms with Crippen LogP contribution < -0.4 is 0 Å². The summed E-state index contributed by atoms with van der Waals surface area (Å²) < 4.78 is 37.7. The lowest BCUT2D eigenvalue weighted by Gasteiger charge is -2.11. The minimum Gasteiger partial charge on any atom is -0.264 e. The molecule has 1 aromatic carbocycles. The first-order valence-corrected chi connectivity index (χ1v) is 6.61. The molecule has 0 fully saturated rings. The van der Waals surface area contributed by atoms with Crippen LogP contribution in [0.2, 0.25) is 0 Å². The topological polar surface area (TPSA) is 12.9 Å². The number of pyridine rings is 1. The van der Waals surface area contributed by atoms with Gasteiger partial charge in [-0.25, -0.2) is 0 Å². The summed E-state index contributed by atoms with van der Waals surface area (Å²) in [5.74, 6) is 0.479. The van der Waals surface area contributed by atoms with E-state index in [9.17, 15) is 13.2 Å². The first-order chi connectivity index (χ1) is 9.47.